The number of nitrogens with one attached hydrogen (secondary N) is 1. The van der Waals surface area contributed by atoms with E-state index < -0.39 is 29.1 Å². The molecule has 1 unspecified atom stereocenters. The maximum absolute atomic E-state index is 13.8. The molecule has 0 fully saturated rings. The molecule has 6 heteroatoms. The fourth-order valence-corrected chi connectivity index (χ4v) is 2.11. The summed E-state index contributed by atoms with van der Waals surface area (Å²) in [6.45, 7) is 1.75. The van der Waals surface area contributed by atoms with E-state index in [1.165, 1.54) is 0 Å². The third-order valence-electron chi connectivity index (χ3n) is 3.34. The fraction of sp³-hybridized carbons (Fsp3) is 0.176. The maximum Gasteiger partial charge on any atom is 0.343 e. The summed E-state index contributed by atoms with van der Waals surface area (Å²) >= 11 is 0. The van der Waals surface area contributed by atoms with Gasteiger partial charge in [-0.2, -0.15) is 0 Å². The first kappa shape index (κ1) is 16.6. The molecule has 0 saturated heterocycles. The Kier molecular flexibility index (Phi) is 5.05. The number of benzene rings is 2. The predicted octanol–water partition coefficient (Wildman–Crippen LogP) is 3.24. The van der Waals surface area contributed by atoms with E-state index in [1.807, 2.05) is 30.3 Å². The van der Waals surface area contributed by atoms with Crippen molar-refractivity contribution in [2.24, 2.45) is 0 Å². The Morgan fingerprint density at radius 2 is 1.65 bits per heavy atom. The molecule has 0 bridgehead atoms. The van der Waals surface area contributed by atoms with E-state index in [0.29, 0.717) is 0 Å². The molecule has 2 rings (SSSR count). The lowest BCUT2D eigenvalue weighted by molar-refractivity contribution is 0.0589. The summed E-state index contributed by atoms with van der Waals surface area (Å²) in [5.74, 6) is -4.07. The predicted molar refractivity (Wildman–Crippen MR) is 80.0 cm³/mol. The van der Waals surface area contributed by atoms with E-state index in [2.05, 4.69) is 10.1 Å². The van der Waals surface area contributed by atoms with Gasteiger partial charge in [0.1, 0.15) is 17.2 Å². The molecule has 0 aliphatic carbocycles. The zero-order chi connectivity index (χ0) is 17.0. The minimum Gasteiger partial charge on any atom is -0.465 e. The van der Waals surface area contributed by atoms with Crippen LogP contribution in [0.5, 0.6) is 0 Å². The number of rotatable bonds is 4. The zero-order valence-electron chi connectivity index (χ0n) is 12.6. The smallest absolute Gasteiger partial charge is 0.343 e. The summed E-state index contributed by atoms with van der Waals surface area (Å²) in [6.07, 6.45) is 0. The largest absolute Gasteiger partial charge is 0.465 e. The van der Waals surface area contributed by atoms with Crippen LogP contribution in [0.25, 0.3) is 0 Å². The summed E-state index contributed by atoms with van der Waals surface area (Å²) in [6, 6.07) is 10.4. The van der Waals surface area contributed by atoms with Crippen molar-refractivity contribution in [3.05, 3.63) is 70.8 Å². The van der Waals surface area contributed by atoms with E-state index in [4.69, 9.17) is 0 Å². The van der Waals surface area contributed by atoms with Crippen molar-refractivity contribution in [2.45, 2.75) is 13.0 Å². The summed E-state index contributed by atoms with van der Waals surface area (Å²) in [5, 5.41) is 2.64. The fourth-order valence-electron chi connectivity index (χ4n) is 2.11. The van der Waals surface area contributed by atoms with Crippen LogP contribution < -0.4 is 5.32 Å². The number of ether oxygens (including phenoxy) is 1. The van der Waals surface area contributed by atoms with Crippen molar-refractivity contribution >= 4 is 11.9 Å². The minimum absolute atomic E-state index is 0.213. The van der Waals surface area contributed by atoms with Crippen molar-refractivity contribution in [1.82, 2.24) is 5.32 Å². The highest BCUT2D eigenvalue weighted by atomic mass is 19.1. The average Bonchev–Trinajstić information content (AvgIpc) is 2.54. The first-order valence-electron chi connectivity index (χ1n) is 6.87. The topological polar surface area (TPSA) is 55.4 Å². The highest BCUT2D eigenvalue weighted by Gasteiger charge is 2.22. The molecule has 0 spiro atoms. The van der Waals surface area contributed by atoms with Crippen LogP contribution in [0, 0.1) is 11.6 Å². The van der Waals surface area contributed by atoms with Gasteiger partial charge in [-0.15, -0.1) is 0 Å². The first-order chi connectivity index (χ1) is 10.9. The Morgan fingerprint density at radius 1 is 1.09 bits per heavy atom. The summed E-state index contributed by atoms with van der Waals surface area (Å²) in [7, 11) is 1.02. The van der Waals surface area contributed by atoms with Gasteiger partial charge in [0, 0.05) is 5.56 Å². The number of carbonyl (C=O) groups is 2. The van der Waals surface area contributed by atoms with Crippen LogP contribution in [0.3, 0.4) is 0 Å². The zero-order valence-corrected chi connectivity index (χ0v) is 12.6. The molecule has 4 nitrogen and oxygen atoms in total. The van der Waals surface area contributed by atoms with Crippen molar-refractivity contribution in [3.8, 4) is 0 Å². The lowest BCUT2D eigenvalue weighted by Gasteiger charge is -2.14. The van der Waals surface area contributed by atoms with Crippen LogP contribution in [0.4, 0.5) is 8.78 Å². The van der Waals surface area contributed by atoms with Crippen LogP contribution in [0.2, 0.25) is 0 Å². The quantitative estimate of drug-likeness (QED) is 0.880. The molecule has 1 amide bonds. The lowest BCUT2D eigenvalue weighted by Crippen LogP contribution is -2.27. The molecule has 2 aromatic rings. The SMILES string of the molecule is COC(=O)c1c(F)cc(C(=O)NC(C)c2ccccc2)cc1F. The Bertz CT molecular complexity index is 709. The van der Waals surface area contributed by atoms with Gasteiger partial charge in [-0.1, -0.05) is 30.3 Å². The van der Waals surface area contributed by atoms with Crippen molar-refractivity contribution in [2.75, 3.05) is 7.11 Å². The first-order valence-corrected chi connectivity index (χ1v) is 6.87. The summed E-state index contributed by atoms with van der Waals surface area (Å²) < 4.78 is 32.0. The molecule has 0 saturated carbocycles. The number of amides is 1. The van der Waals surface area contributed by atoms with Gasteiger partial charge in [0.25, 0.3) is 5.91 Å². The molecule has 2 aromatic carbocycles. The van der Waals surface area contributed by atoms with Gasteiger partial charge < -0.3 is 10.1 Å². The maximum atomic E-state index is 13.8. The Morgan fingerprint density at radius 3 is 2.17 bits per heavy atom. The second kappa shape index (κ2) is 7.00. The van der Waals surface area contributed by atoms with Crippen LogP contribution in [-0.4, -0.2) is 19.0 Å². The number of hydrogen-bond acceptors (Lipinski definition) is 3. The number of halogens is 2. The van der Waals surface area contributed by atoms with Crippen molar-refractivity contribution in [1.29, 1.82) is 0 Å². The van der Waals surface area contributed by atoms with E-state index in [9.17, 15) is 18.4 Å². The number of methoxy groups -OCH3 is 1. The average molecular weight is 319 g/mol. The van der Waals surface area contributed by atoms with Crippen LogP contribution >= 0.6 is 0 Å². The normalized spacial score (nSPS) is 11.7. The molecular weight excluding hydrogens is 304 g/mol. The van der Waals surface area contributed by atoms with E-state index in [0.717, 1.165) is 24.8 Å². The third kappa shape index (κ3) is 3.71. The van der Waals surface area contributed by atoms with Crippen LogP contribution in [0.1, 0.15) is 39.2 Å². The van der Waals surface area contributed by atoms with E-state index >= 15 is 0 Å². The molecule has 1 atom stereocenters. The standard InChI is InChI=1S/C17H15F2NO3/c1-10(11-6-4-3-5-7-11)20-16(21)12-8-13(18)15(14(19)9-12)17(22)23-2/h3-10H,1-2H3,(H,20,21). The molecule has 1 N–H and O–H groups in total. The Hall–Kier alpha value is -2.76. The summed E-state index contributed by atoms with van der Waals surface area (Å²) in [5.41, 5.74) is -0.177. The van der Waals surface area contributed by atoms with Gasteiger partial charge in [0.2, 0.25) is 0 Å². The van der Waals surface area contributed by atoms with Crippen molar-refractivity contribution in [3.63, 3.8) is 0 Å². The Balaban J connectivity index is 2.22. The van der Waals surface area contributed by atoms with Gasteiger partial charge in [-0.05, 0) is 24.6 Å². The van der Waals surface area contributed by atoms with Gasteiger partial charge >= 0.3 is 5.97 Å². The second-order valence-corrected chi connectivity index (χ2v) is 4.91. The second-order valence-electron chi connectivity index (χ2n) is 4.91. The monoisotopic (exact) mass is 319 g/mol. The molecule has 0 radical (unpaired) electrons. The third-order valence-corrected chi connectivity index (χ3v) is 3.34. The minimum atomic E-state index is -1.14. The molecular formula is C17H15F2NO3. The number of esters is 1. The molecule has 0 heterocycles. The number of carbonyl (C=O) groups excluding carboxylic acids is 2. The highest BCUT2D eigenvalue weighted by molar-refractivity contribution is 5.96. The summed E-state index contributed by atoms with van der Waals surface area (Å²) in [4.78, 5) is 23.4. The molecule has 120 valence electrons. The van der Waals surface area contributed by atoms with Gasteiger partial charge in [-0.25, -0.2) is 13.6 Å². The van der Waals surface area contributed by atoms with E-state index in [1.54, 1.807) is 6.92 Å². The molecule has 0 aliphatic rings. The van der Waals surface area contributed by atoms with Gasteiger partial charge in [0.05, 0.1) is 13.2 Å². The molecule has 0 aliphatic heterocycles. The van der Waals surface area contributed by atoms with Gasteiger partial charge in [-0.3, -0.25) is 4.79 Å². The van der Waals surface area contributed by atoms with Crippen LogP contribution in [-0.2, 0) is 4.74 Å². The van der Waals surface area contributed by atoms with Gasteiger partial charge in [0.15, 0.2) is 0 Å². The molecule has 23 heavy (non-hydrogen) atoms. The highest BCUT2D eigenvalue weighted by Crippen LogP contribution is 2.18. The Labute approximate surface area is 132 Å². The van der Waals surface area contributed by atoms with Crippen molar-refractivity contribution < 1.29 is 23.1 Å². The lowest BCUT2D eigenvalue weighted by atomic mass is 10.1. The van der Waals surface area contributed by atoms with E-state index in [-0.39, 0.29) is 11.6 Å². The van der Waals surface area contributed by atoms with Crippen LogP contribution in [0.15, 0.2) is 42.5 Å². The molecule has 0 aromatic heterocycles. The number of hydrogen-bond donors (Lipinski definition) is 1.